The van der Waals surface area contributed by atoms with Gasteiger partial charge >= 0.3 is 11.9 Å². The number of hydrogen-bond donors (Lipinski definition) is 3. The molecule has 106 heavy (non-hydrogen) atoms. The van der Waals surface area contributed by atoms with E-state index in [-0.39, 0.29) is 62.9 Å². The summed E-state index contributed by atoms with van der Waals surface area (Å²) in [5.41, 5.74) is 1.78. The zero-order chi connectivity index (χ0) is 73.8. The third kappa shape index (κ3) is 28.2. The predicted molar refractivity (Wildman–Crippen MR) is 450 cm³/mol. The Labute approximate surface area is 677 Å². The van der Waals surface area contributed by atoms with Gasteiger partial charge in [0.15, 0.2) is 0 Å². The summed E-state index contributed by atoms with van der Waals surface area (Å²) < 4.78 is 7.05. The van der Waals surface area contributed by atoms with E-state index in [0.29, 0.717) is 17.2 Å². The Bertz CT molecular complexity index is 3170. The predicted octanol–water partition coefficient (Wildman–Crippen LogP) is 27.6. The molecule has 0 heterocycles. The molecule has 3 aromatic rings. The maximum absolute atomic E-state index is 13.2. The molecule has 0 bridgehead atoms. The number of terminal acetylenes is 1. The summed E-state index contributed by atoms with van der Waals surface area (Å²) in [6.45, 7) is 23.0. The van der Waals surface area contributed by atoms with Gasteiger partial charge in [-0.2, -0.15) is 0 Å². The van der Waals surface area contributed by atoms with Crippen molar-refractivity contribution in [2.75, 3.05) is 0 Å². The average Bonchev–Trinajstić information content (AvgIpc) is 1.03. The number of esters is 1. The van der Waals surface area contributed by atoms with E-state index in [1.165, 1.54) is 218 Å². The monoisotopic (exact) mass is 1650 g/mol. The van der Waals surface area contributed by atoms with Gasteiger partial charge in [-0.1, -0.05) is 130 Å². The van der Waals surface area contributed by atoms with E-state index in [4.69, 9.17) is 16.3 Å². The summed E-state index contributed by atoms with van der Waals surface area (Å²) >= 11 is 2.19. The first-order chi connectivity index (χ1) is 49.2. The summed E-state index contributed by atoms with van der Waals surface area (Å²) in [4.78, 5) is 24.4. The number of ether oxygens (including phenoxy) is 1. The Hall–Kier alpha value is -3.73. The molecule has 13 rings (SSSR count). The van der Waals surface area contributed by atoms with Crippen molar-refractivity contribution in [3.63, 3.8) is 0 Å². The van der Waals surface area contributed by atoms with E-state index in [1.54, 1.807) is 24.3 Å². The second-order valence-electron chi connectivity index (χ2n) is 38.0. The number of hydrogen-bond acceptors (Lipinski definition) is 5. The zero-order valence-electron chi connectivity index (χ0n) is 67.7. The molecule has 0 unspecified atom stereocenters. The molecule has 0 spiro atoms. The quantitative estimate of drug-likeness (QED) is 0.0518. The number of halogens is 1. The van der Waals surface area contributed by atoms with Crippen molar-refractivity contribution >= 4 is 34.5 Å². The van der Waals surface area contributed by atoms with Gasteiger partial charge in [-0.3, -0.25) is 9.59 Å². The molecular weight excluding hydrogens is 1510 g/mol. The van der Waals surface area contributed by atoms with Crippen LogP contribution in [0.15, 0.2) is 72.8 Å². The third-order valence-electron chi connectivity index (χ3n) is 29.4. The molecule has 0 atom stereocenters. The van der Waals surface area contributed by atoms with Gasteiger partial charge < -0.3 is 27.5 Å². The van der Waals surface area contributed by atoms with Crippen LogP contribution in [0, 0.1) is 163 Å². The standard InChI is InChI=1S/C37H54O2.C22H30O.C16H26.C15H26O2.C6H5IO.CH4.CH3.Pd/c1-27-5-11-30(12-6-27)32-18-23-36(3,24-19-32)22-17-29-9-15-34(16-10-29)39-35(38)37(4)25-20-33(21-26-37)31-13-7-28(2)8-14-31;1-17-3-7-19(8-4-17)20-12-15-22(2,16-13-20)14-11-18-5-9-21(23)10-6-18;1-4-16(3)11-9-15(10-12-16)14-7-5-13(2)6-8-14;1-11-3-5-12(6-4-11)13-7-9-15(2,10-8-13)14(16)17;7-5-1-3-6(8)4-2-5;;;/h9-10,15-16,27-28,30-33H,5-8,11-14,18-21,23-26H2,1-4H3;5-6,9-10,17,19-20,23H,3-4,7-8,12-13,15-16H2,1-2H3;1,13-15H,5-12H2,2-3H3;11-13H,3-10H2,1-2H3,(H,16,17);1-4,8H;1H4;1H3;/q;;;;;;-1;. The second-order valence-corrected chi connectivity index (χ2v) is 39.2. The molecule has 0 amide bonds. The van der Waals surface area contributed by atoms with Crippen LogP contribution in [-0.2, 0) is 30.0 Å². The van der Waals surface area contributed by atoms with E-state index in [9.17, 15) is 19.8 Å². The van der Waals surface area contributed by atoms with Crippen LogP contribution < -0.4 is 4.74 Å². The van der Waals surface area contributed by atoms with Gasteiger partial charge in [0.1, 0.15) is 17.2 Å². The van der Waals surface area contributed by atoms with Crippen molar-refractivity contribution in [3.8, 4) is 53.3 Å². The summed E-state index contributed by atoms with van der Waals surface area (Å²) in [6.07, 6.45) is 58.2. The number of aromatic hydroxyl groups is 2. The van der Waals surface area contributed by atoms with E-state index < -0.39 is 11.4 Å². The Kier molecular flexibility index (Phi) is 37.3. The van der Waals surface area contributed by atoms with Gasteiger partial charge in [-0.05, 0) is 411 Å². The molecule has 10 aliphatic rings. The fraction of sp³-hybridized carbons (Fsp3) is 0.724. The number of carbonyl (C=O) groups excluding carboxylic acids is 1. The van der Waals surface area contributed by atoms with E-state index in [2.05, 4.69) is 115 Å². The van der Waals surface area contributed by atoms with Gasteiger partial charge in [0.2, 0.25) is 0 Å². The second kappa shape index (κ2) is 43.3. The topological polar surface area (TPSA) is 104 Å². The number of carbonyl (C=O) groups is 2. The van der Waals surface area contributed by atoms with Crippen molar-refractivity contribution in [2.24, 2.45) is 116 Å². The first-order valence-corrected chi connectivity index (χ1v) is 43.6. The van der Waals surface area contributed by atoms with Crippen LogP contribution in [0.3, 0.4) is 0 Å². The minimum Gasteiger partial charge on any atom is -0.508 e. The number of benzene rings is 3. The third-order valence-corrected chi connectivity index (χ3v) is 30.2. The zero-order valence-corrected chi connectivity index (χ0v) is 71.4. The van der Waals surface area contributed by atoms with Crippen LogP contribution in [0.1, 0.15) is 345 Å². The Balaban J connectivity index is 0.000000224. The maximum atomic E-state index is 13.2. The summed E-state index contributed by atoms with van der Waals surface area (Å²) in [5, 5.41) is 27.3. The Morgan fingerprint density at radius 1 is 0.377 bits per heavy atom. The van der Waals surface area contributed by atoms with Crippen molar-refractivity contribution in [1.82, 2.24) is 0 Å². The normalized spacial score (nSPS) is 36.3. The number of phenols is 2. The largest absolute Gasteiger partial charge is 0.508 e. The van der Waals surface area contributed by atoms with Crippen LogP contribution in [0.2, 0.25) is 0 Å². The van der Waals surface area contributed by atoms with Gasteiger partial charge in [0.05, 0.1) is 10.8 Å². The Morgan fingerprint density at radius 3 is 0.877 bits per heavy atom. The van der Waals surface area contributed by atoms with Gasteiger partial charge in [-0.25, -0.2) is 0 Å². The maximum Gasteiger partial charge on any atom is 0.317 e. The molecule has 594 valence electrons. The molecule has 8 heteroatoms. The molecular formula is C98H148IO6Pd-. The molecule has 0 radical (unpaired) electrons. The van der Waals surface area contributed by atoms with Crippen LogP contribution in [0.4, 0.5) is 0 Å². The van der Waals surface area contributed by atoms with Crippen LogP contribution in [0.25, 0.3) is 0 Å². The molecule has 10 saturated carbocycles. The van der Waals surface area contributed by atoms with E-state index in [1.807, 2.05) is 55.5 Å². The minimum absolute atomic E-state index is 0. The fourth-order valence-corrected chi connectivity index (χ4v) is 21.0. The first-order valence-electron chi connectivity index (χ1n) is 42.5. The molecule has 6 nitrogen and oxygen atoms in total. The fourth-order valence-electron chi connectivity index (χ4n) is 20.6. The number of phenolic OH excluding ortho intramolecular Hbond substituents is 2. The number of rotatable bonds is 8. The van der Waals surface area contributed by atoms with Gasteiger partial charge in [-0.15, -0.1) is 12.3 Å². The molecule has 0 saturated heterocycles. The smallest absolute Gasteiger partial charge is 0.317 e. The SMILES string of the molecule is C.C#CC1(C)CCC(C2CCC(C)CC2)CC1.CC1CCC(C2CCC(C)(C#Cc3ccc(O)cc3)CC2)CC1.CC1CCC(C2CCC(C)(C#Cc3ccc(OC(=O)C4(C)CCC(C5CCC(C)CC5)CC4)cc3)CC2)CC1.CC1CCC(C2CCC(C)(C(=O)O)CC2)CC1.Oc1ccc(I)cc1.[CH3-].[Pd]. The summed E-state index contributed by atoms with van der Waals surface area (Å²) in [5.74, 6) is 31.6. The van der Waals surface area contributed by atoms with E-state index >= 15 is 0 Å². The molecule has 3 aromatic carbocycles. The number of carboxylic acid groups (broad SMARTS) is 1. The number of carboxylic acids is 1. The van der Waals surface area contributed by atoms with Crippen LogP contribution >= 0.6 is 22.6 Å². The van der Waals surface area contributed by atoms with Gasteiger partial charge in [0.25, 0.3) is 0 Å². The van der Waals surface area contributed by atoms with Crippen molar-refractivity contribution in [2.45, 2.75) is 333 Å². The number of aliphatic carboxylic acids is 1. The van der Waals surface area contributed by atoms with Crippen LogP contribution in [0.5, 0.6) is 17.2 Å². The molecule has 10 fully saturated rings. The van der Waals surface area contributed by atoms with E-state index in [0.717, 1.165) is 142 Å². The molecule has 3 N–H and O–H groups in total. The molecule has 10 aliphatic carbocycles. The van der Waals surface area contributed by atoms with Gasteiger partial charge in [0, 0.05) is 51.4 Å². The van der Waals surface area contributed by atoms with Crippen molar-refractivity contribution in [1.29, 1.82) is 0 Å². The summed E-state index contributed by atoms with van der Waals surface area (Å²) in [7, 11) is 0. The van der Waals surface area contributed by atoms with Crippen molar-refractivity contribution in [3.05, 3.63) is 94.9 Å². The summed E-state index contributed by atoms with van der Waals surface area (Å²) in [6, 6.07) is 22.2. The minimum atomic E-state index is -0.590. The average molecular weight is 1660 g/mol. The first kappa shape index (κ1) is 91.2. The van der Waals surface area contributed by atoms with Crippen molar-refractivity contribution < 1.29 is 50.1 Å². The molecule has 0 aliphatic heterocycles. The molecule has 0 aromatic heterocycles. The Morgan fingerprint density at radius 2 is 0.613 bits per heavy atom. The van der Waals surface area contributed by atoms with Crippen LogP contribution in [-0.4, -0.2) is 27.3 Å².